The van der Waals surface area contributed by atoms with E-state index >= 15 is 0 Å². The summed E-state index contributed by atoms with van der Waals surface area (Å²) in [7, 11) is -4.25. The Labute approximate surface area is 75.9 Å². The van der Waals surface area contributed by atoms with Crippen LogP contribution in [0.2, 0.25) is 0 Å². The summed E-state index contributed by atoms with van der Waals surface area (Å²) in [6.07, 6.45) is 1.19. The van der Waals surface area contributed by atoms with Crippen LogP contribution in [0.25, 0.3) is 0 Å². The van der Waals surface area contributed by atoms with Crippen molar-refractivity contribution in [1.82, 2.24) is 15.4 Å². The molecule has 0 aliphatic heterocycles. The first-order valence-corrected chi connectivity index (χ1v) is 4.85. The molecule has 11 heavy (non-hydrogen) atoms. The Kier molecular flexibility index (Phi) is 2.34. The zero-order chi connectivity index (χ0) is 8.48. The minimum atomic E-state index is -4.25. The van der Waals surface area contributed by atoms with Gasteiger partial charge in [0.15, 0.2) is 0 Å². The summed E-state index contributed by atoms with van der Waals surface area (Å²) < 4.78 is 29.7. The highest BCUT2D eigenvalue weighted by Gasteiger charge is 2.15. The van der Waals surface area contributed by atoms with E-state index in [4.69, 9.17) is 4.55 Å². The number of hydrogen-bond donors (Lipinski definition) is 1. The first-order valence-electron chi connectivity index (χ1n) is 2.33. The zero-order valence-corrected chi connectivity index (χ0v) is 7.94. The van der Waals surface area contributed by atoms with E-state index in [0.717, 1.165) is 0 Å². The van der Waals surface area contributed by atoms with Gasteiger partial charge in [-0.3, -0.25) is 4.55 Å². The maximum Gasteiger partial charge on any atom is 0.315 e. The Bertz CT molecular complexity index is 364. The van der Waals surface area contributed by atoms with Gasteiger partial charge in [0.25, 0.3) is 0 Å². The minimum absolute atomic E-state index is 0.236. The Morgan fingerprint density at radius 3 is 2.55 bits per heavy atom. The monoisotopic (exact) mass is 287 g/mol. The molecule has 1 aromatic rings. The summed E-state index contributed by atoms with van der Waals surface area (Å²) in [4.78, 5) is 0. The summed E-state index contributed by atoms with van der Waals surface area (Å²) in [5.41, 5.74) is 0. The number of hydrogen-bond acceptors (Lipinski definition) is 5. The van der Waals surface area contributed by atoms with Crippen LogP contribution in [-0.2, 0) is 10.1 Å². The van der Waals surface area contributed by atoms with Crippen LogP contribution in [0.5, 0.6) is 0 Å². The van der Waals surface area contributed by atoms with Crippen molar-refractivity contribution >= 4 is 32.7 Å². The molecule has 1 aromatic heterocycles. The molecule has 1 N–H and O–H groups in total. The second-order valence-corrected chi connectivity index (χ2v) is 4.06. The van der Waals surface area contributed by atoms with Gasteiger partial charge in [-0.1, -0.05) is 0 Å². The highest BCUT2D eigenvalue weighted by molar-refractivity contribution is 14.1. The van der Waals surface area contributed by atoms with Crippen molar-refractivity contribution in [3.8, 4) is 0 Å². The third kappa shape index (κ3) is 2.04. The Morgan fingerprint density at radius 2 is 2.18 bits per heavy atom. The van der Waals surface area contributed by atoms with Gasteiger partial charge in [-0.2, -0.15) is 8.42 Å². The standard InChI is InChI=1S/C3H2IN3O3S/c4-2-1-5-7-6-3(2)11(8,9)10/h1H,(H,8,9,10). The number of halogens is 1. The van der Waals surface area contributed by atoms with Crippen molar-refractivity contribution in [1.29, 1.82) is 0 Å². The summed E-state index contributed by atoms with van der Waals surface area (Å²) in [6, 6.07) is 0. The number of rotatable bonds is 1. The van der Waals surface area contributed by atoms with Crippen molar-refractivity contribution in [2.45, 2.75) is 5.03 Å². The molecule has 0 bridgehead atoms. The van der Waals surface area contributed by atoms with Gasteiger partial charge in [0.2, 0.25) is 5.03 Å². The molecule has 60 valence electrons. The normalized spacial score (nSPS) is 11.5. The molecule has 1 rings (SSSR count). The van der Waals surface area contributed by atoms with Gasteiger partial charge >= 0.3 is 10.1 Å². The lowest BCUT2D eigenvalue weighted by Gasteiger charge is -1.94. The van der Waals surface area contributed by atoms with E-state index in [2.05, 4.69) is 15.4 Å². The predicted octanol–water partition coefficient (Wildman–Crippen LogP) is -0.277. The summed E-state index contributed by atoms with van der Waals surface area (Å²) in [5.74, 6) is 0. The Hall–Kier alpha value is -0.350. The van der Waals surface area contributed by atoms with Crippen molar-refractivity contribution in [3.05, 3.63) is 9.77 Å². The SMILES string of the molecule is O=S(=O)(O)c1nnncc1I. The Morgan fingerprint density at radius 1 is 1.55 bits per heavy atom. The zero-order valence-electron chi connectivity index (χ0n) is 4.97. The molecule has 0 radical (unpaired) electrons. The molecule has 1 heterocycles. The minimum Gasteiger partial charge on any atom is -0.281 e. The molecule has 0 saturated heterocycles. The van der Waals surface area contributed by atoms with Crippen molar-refractivity contribution in [2.75, 3.05) is 0 Å². The molecule has 6 nitrogen and oxygen atoms in total. The van der Waals surface area contributed by atoms with Gasteiger partial charge in [0.1, 0.15) is 0 Å². The lowest BCUT2D eigenvalue weighted by molar-refractivity contribution is 0.475. The van der Waals surface area contributed by atoms with E-state index in [1.165, 1.54) is 6.20 Å². The van der Waals surface area contributed by atoms with Gasteiger partial charge in [0.05, 0.1) is 9.77 Å². The predicted molar refractivity (Wildman–Crippen MR) is 42.4 cm³/mol. The molecular formula is C3H2IN3O3S. The molecule has 0 aliphatic rings. The van der Waals surface area contributed by atoms with E-state index in [1.807, 2.05) is 0 Å². The quantitative estimate of drug-likeness (QED) is 0.564. The molecule has 0 unspecified atom stereocenters. The molecular weight excluding hydrogens is 285 g/mol. The summed E-state index contributed by atoms with van der Waals surface area (Å²) in [6.45, 7) is 0. The van der Waals surface area contributed by atoms with E-state index in [-0.39, 0.29) is 3.57 Å². The molecule has 0 atom stereocenters. The van der Waals surface area contributed by atoms with E-state index in [0.29, 0.717) is 0 Å². The fourth-order valence-corrected chi connectivity index (χ4v) is 1.93. The van der Waals surface area contributed by atoms with Crippen molar-refractivity contribution in [2.24, 2.45) is 0 Å². The first-order chi connectivity index (χ1) is 5.02. The van der Waals surface area contributed by atoms with Crippen LogP contribution in [0.15, 0.2) is 11.2 Å². The smallest absolute Gasteiger partial charge is 0.281 e. The van der Waals surface area contributed by atoms with Gasteiger partial charge in [-0.25, -0.2) is 0 Å². The third-order valence-corrected chi connectivity index (χ3v) is 2.75. The van der Waals surface area contributed by atoms with E-state index in [1.54, 1.807) is 22.6 Å². The first kappa shape index (κ1) is 8.74. The highest BCUT2D eigenvalue weighted by Crippen LogP contribution is 2.10. The van der Waals surface area contributed by atoms with Gasteiger partial charge < -0.3 is 0 Å². The number of nitrogens with zero attached hydrogens (tertiary/aromatic N) is 3. The molecule has 8 heteroatoms. The van der Waals surface area contributed by atoms with Crippen LogP contribution < -0.4 is 0 Å². The molecule has 0 fully saturated rings. The lowest BCUT2D eigenvalue weighted by Crippen LogP contribution is -2.06. The van der Waals surface area contributed by atoms with Gasteiger partial charge in [-0.15, -0.1) is 10.2 Å². The summed E-state index contributed by atoms with van der Waals surface area (Å²) >= 11 is 1.68. The van der Waals surface area contributed by atoms with Crippen LogP contribution in [0.3, 0.4) is 0 Å². The summed E-state index contributed by atoms with van der Waals surface area (Å²) in [5, 5.41) is 9.06. The number of aromatic nitrogens is 3. The molecule has 0 spiro atoms. The van der Waals surface area contributed by atoms with Gasteiger partial charge in [0, 0.05) is 0 Å². The van der Waals surface area contributed by atoms with Crippen LogP contribution in [0.4, 0.5) is 0 Å². The van der Waals surface area contributed by atoms with E-state index < -0.39 is 15.1 Å². The van der Waals surface area contributed by atoms with Gasteiger partial charge in [-0.05, 0) is 27.8 Å². The largest absolute Gasteiger partial charge is 0.315 e. The van der Waals surface area contributed by atoms with Crippen molar-refractivity contribution < 1.29 is 13.0 Å². The van der Waals surface area contributed by atoms with Crippen LogP contribution in [0.1, 0.15) is 0 Å². The molecule has 0 saturated carbocycles. The van der Waals surface area contributed by atoms with Crippen LogP contribution in [0, 0.1) is 3.57 Å². The second kappa shape index (κ2) is 2.95. The Balaban J connectivity index is 3.37. The van der Waals surface area contributed by atoms with Crippen LogP contribution >= 0.6 is 22.6 Å². The molecule has 0 aliphatic carbocycles. The molecule has 0 amide bonds. The van der Waals surface area contributed by atoms with Crippen LogP contribution in [-0.4, -0.2) is 28.4 Å². The molecule has 0 aromatic carbocycles. The maximum absolute atomic E-state index is 10.5. The van der Waals surface area contributed by atoms with E-state index in [9.17, 15) is 8.42 Å². The average molecular weight is 287 g/mol. The lowest BCUT2D eigenvalue weighted by atomic mass is 10.7. The third-order valence-electron chi connectivity index (χ3n) is 0.807. The maximum atomic E-state index is 10.5. The second-order valence-electron chi connectivity index (χ2n) is 1.56. The average Bonchev–Trinajstić information content (AvgIpc) is 1.86. The van der Waals surface area contributed by atoms with Crippen molar-refractivity contribution in [3.63, 3.8) is 0 Å². The highest BCUT2D eigenvalue weighted by atomic mass is 127. The topological polar surface area (TPSA) is 93.0 Å². The fourth-order valence-electron chi connectivity index (χ4n) is 0.421. The fraction of sp³-hybridized carbons (Fsp3) is 0.